The van der Waals surface area contributed by atoms with Gasteiger partial charge in [0.25, 0.3) is 5.91 Å². The number of nitrogens with zero attached hydrogens (tertiary/aromatic N) is 5. The van der Waals surface area contributed by atoms with E-state index in [9.17, 15) is 14.7 Å². The zero-order valence-corrected chi connectivity index (χ0v) is 14.4. The summed E-state index contributed by atoms with van der Waals surface area (Å²) in [4.78, 5) is 33.9. The van der Waals surface area contributed by atoms with Gasteiger partial charge in [-0.1, -0.05) is 0 Å². The second-order valence-electron chi connectivity index (χ2n) is 6.23. The normalized spacial score (nSPS) is 20.0. The largest absolute Gasteiger partial charge is 0.389 e. The van der Waals surface area contributed by atoms with Crippen molar-refractivity contribution in [2.45, 2.75) is 32.0 Å². The number of carbonyl (C=O) groups is 2. The number of aryl methyl sites for hydroxylation is 1. The van der Waals surface area contributed by atoms with Crippen molar-refractivity contribution in [3.8, 4) is 0 Å². The van der Waals surface area contributed by atoms with Crippen LogP contribution in [0.25, 0.3) is 0 Å². The monoisotopic (exact) mass is 359 g/mol. The maximum Gasteiger partial charge on any atom is 0.271 e. The van der Waals surface area contributed by atoms with Gasteiger partial charge in [0.05, 0.1) is 24.0 Å². The van der Waals surface area contributed by atoms with Crippen molar-refractivity contribution in [3.05, 3.63) is 36.0 Å². The molecule has 2 aromatic rings. The van der Waals surface area contributed by atoms with Crippen molar-refractivity contribution in [2.24, 2.45) is 0 Å². The van der Waals surface area contributed by atoms with Crippen LogP contribution in [0.4, 0.5) is 5.82 Å². The lowest BCUT2D eigenvalue weighted by molar-refractivity contribution is -0.135. The van der Waals surface area contributed by atoms with Crippen LogP contribution < -0.4 is 11.1 Å². The quantitative estimate of drug-likeness (QED) is 0.633. The van der Waals surface area contributed by atoms with Crippen molar-refractivity contribution in [1.29, 1.82) is 0 Å². The summed E-state index contributed by atoms with van der Waals surface area (Å²) < 4.78 is 1.44. The number of hydrogen-bond donors (Lipinski definition) is 3. The summed E-state index contributed by atoms with van der Waals surface area (Å²) in [7, 11) is 0. The third kappa shape index (κ3) is 3.97. The fraction of sp³-hybridized carbons (Fsp3) is 0.438. The Labute approximate surface area is 150 Å². The molecule has 3 heterocycles. The van der Waals surface area contributed by atoms with E-state index in [-0.39, 0.29) is 24.7 Å². The lowest BCUT2D eigenvalue weighted by Gasteiger charge is -2.36. The molecular formula is C16H21N7O3. The molecule has 0 spiro atoms. The number of nitrogen functional groups attached to an aromatic ring is 1. The molecule has 10 heteroatoms. The maximum absolute atomic E-state index is 12.4. The van der Waals surface area contributed by atoms with E-state index in [0.29, 0.717) is 18.8 Å². The first-order chi connectivity index (χ1) is 12.4. The van der Waals surface area contributed by atoms with Crippen LogP contribution in [0.5, 0.6) is 0 Å². The molecule has 1 aliphatic rings. The van der Waals surface area contributed by atoms with Gasteiger partial charge in [-0.15, -0.1) is 0 Å². The minimum Gasteiger partial charge on any atom is -0.389 e. The van der Waals surface area contributed by atoms with Gasteiger partial charge in [0.2, 0.25) is 5.91 Å². The van der Waals surface area contributed by atoms with E-state index in [0.717, 1.165) is 5.69 Å². The van der Waals surface area contributed by atoms with Gasteiger partial charge >= 0.3 is 0 Å². The van der Waals surface area contributed by atoms with Crippen LogP contribution in [0.1, 0.15) is 22.6 Å². The van der Waals surface area contributed by atoms with Gasteiger partial charge in [-0.25, -0.2) is 9.67 Å². The van der Waals surface area contributed by atoms with Crippen LogP contribution in [0.15, 0.2) is 24.7 Å². The van der Waals surface area contributed by atoms with Crippen LogP contribution in [-0.2, 0) is 11.3 Å². The molecule has 0 saturated carbocycles. The standard InChI is InChI=1S/C16H21N7O3/c1-10-6-14(17)23(21-10)9-15(25)22-5-2-11(13(24)8-22)20-16(26)12-7-18-3-4-19-12/h3-4,6-7,11,13,24H,2,5,8-9,17H2,1H3,(H,20,26)/t11-,13-/m1/s1. The van der Waals surface area contributed by atoms with Gasteiger partial charge in [-0.2, -0.15) is 5.10 Å². The van der Waals surface area contributed by atoms with E-state index >= 15 is 0 Å². The SMILES string of the molecule is Cc1cc(N)n(CC(=O)N2CC[C@@H](NC(=O)c3cnccn3)[C@H](O)C2)n1. The summed E-state index contributed by atoms with van der Waals surface area (Å²) in [6, 6.07) is 1.24. The molecular weight excluding hydrogens is 338 g/mol. The van der Waals surface area contributed by atoms with Gasteiger partial charge in [-0.05, 0) is 13.3 Å². The molecule has 1 aliphatic heterocycles. The molecule has 4 N–H and O–H groups in total. The zero-order chi connectivity index (χ0) is 18.7. The molecule has 10 nitrogen and oxygen atoms in total. The Morgan fingerprint density at radius 3 is 2.85 bits per heavy atom. The van der Waals surface area contributed by atoms with Crippen molar-refractivity contribution in [3.63, 3.8) is 0 Å². The number of β-amino-alcohol motifs (C(OH)–C–C–N with tert-alkyl or cyclic N) is 1. The van der Waals surface area contributed by atoms with Crippen LogP contribution in [0.3, 0.4) is 0 Å². The number of hydrogen-bond acceptors (Lipinski definition) is 7. The van der Waals surface area contributed by atoms with Crippen molar-refractivity contribution >= 4 is 17.6 Å². The fourth-order valence-corrected chi connectivity index (χ4v) is 2.91. The number of carbonyl (C=O) groups excluding carboxylic acids is 2. The second-order valence-corrected chi connectivity index (χ2v) is 6.23. The smallest absolute Gasteiger partial charge is 0.271 e. The van der Waals surface area contributed by atoms with Crippen molar-refractivity contribution in [2.75, 3.05) is 18.8 Å². The number of amides is 2. The average molecular weight is 359 g/mol. The summed E-state index contributed by atoms with van der Waals surface area (Å²) in [5.74, 6) is -0.165. The molecule has 0 aromatic carbocycles. The number of aromatic nitrogens is 4. The highest BCUT2D eigenvalue weighted by atomic mass is 16.3. The first-order valence-electron chi connectivity index (χ1n) is 8.26. The third-order valence-corrected chi connectivity index (χ3v) is 4.27. The van der Waals surface area contributed by atoms with E-state index < -0.39 is 18.1 Å². The molecule has 2 aromatic heterocycles. The highest BCUT2D eigenvalue weighted by Crippen LogP contribution is 2.14. The van der Waals surface area contributed by atoms with E-state index in [1.165, 1.54) is 23.3 Å². The number of likely N-dealkylation sites (tertiary alicyclic amines) is 1. The van der Waals surface area contributed by atoms with Gasteiger partial charge in [0.15, 0.2) is 0 Å². The van der Waals surface area contributed by atoms with E-state index in [1.54, 1.807) is 17.9 Å². The Balaban J connectivity index is 1.55. The van der Waals surface area contributed by atoms with Gasteiger partial charge in [0, 0.05) is 31.5 Å². The fourth-order valence-electron chi connectivity index (χ4n) is 2.91. The van der Waals surface area contributed by atoms with Gasteiger partial charge in [0.1, 0.15) is 18.1 Å². The van der Waals surface area contributed by atoms with Crippen molar-refractivity contribution < 1.29 is 14.7 Å². The molecule has 0 radical (unpaired) electrons. The number of aliphatic hydroxyl groups is 1. The second kappa shape index (κ2) is 7.48. The van der Waals surface area contributed by atoms with Crippen molar-refractivity contribution in [1.82, 2.24) is 30.0 Å². The molecule has 2 atom stereocenters. The van der Waals surface area contributed by atoms with Gasteiger partial charge < -0.3 is 21.1 Å². The molecule has 3 rings (SSSR count). The molecule has 1 fully saturated rings. The number of nitrogens with two attached hydrogens (primary N) is 1. The number of rotatable bonds is 4. The zero-order valence-electron chi connectivity index (χ0n) is 14.4. The summed E-state index contributed by atoms with van der Waals surface area (Å²) in [5.41, 5.74) is 6.72. The Hall–Kier alpha value is -3.01. The number of piperidine rings is 1. The lowest BCUT2D eigenvalue weighted by atomic mass is 10.0. The molecule has 0 aliphatic carbocycles. The minimum absolute atomic E-state index is 0.0169. The topological polar surface area (TPSA) is 139 Å². The van der Waals surface area contributed by atoms with Crippen LogP contribution in [0.2, 0.25) is 0 Å². The summed E-state index contributed by atoms with van der Waals surface area (Å²) >= 11 is 0. The molecule has 138 valence electrons. The maximum atomic E-state index is 12.4. The predicted octanol–water partition coefficient (Wildman–Crippen LogP) is -1.04. The number of aliphatic hydroxyl groups excluding tert-OH is 1. The summed E-state index contributed by atoms with van der Waals surface area (Å²) in [6.07, 6.45) is 3.83. The predicted molar refractivity (Wildman–Crippen MR) is 91.9 cm³/mol. The highest BCUT2D eigenvalue weighted by molar-refractivity contribution is 5.92. The summed E-state index contributed by atoms with van der Waals surface area (Å²) in [5, 5.41) is 17.2. The lowest BCUT2D eigenvalue weighted by Crippen LogP contribution is -2.55. The molecule has 2 amide bonds. The highest BCUT2D eigenvalue weighted by Gasteiger charge is 2.31. The molecule has 0 bridgehead atoms. The molecule has 1 saturated heterocycles. The molecule has 0 unspecified atom stereocenters. The van der Waals surface area contributed by atoms with Gasteiger partial charge in [-0.3, -0.25) is 14.6 Å². The third-order valence-electron chi connectivity index (χ3n) is 4.27. The van der Waals surface area contributed by atoms with E-state index in [4.69, 9.17) is 5.73 Å². The van der Waals surface area contributed by atoms with Crippen LogP contribution in [-0.4, -0.2) is 66.8 Å². The molecule has 26 heavy (non-hydrogen) atoms. The Kier molecular flexibility index (Phi) is 5.12. The first-order valence-corrected chi connectivity index (χ1v) is 8.26. The average Bonchev–Trinajstić information content (AvgIpc) is 2.94. The Morgan fingerprint density at radius 2 is 2.23 bits per heavy atom. The van der Waals surface area contributed by atoms with E-state index in [2.05, 4.69) is 20.4 Å². The summed E-state index contributed by atoms with van der Waals surface area (Å²) in [6.45, 7) is 2.36. The Bertz CT molecular complexity index is 792. The number of anilines is 1. The van der Waals surface area contributed by atoms with E-state index in [1.807, 2.05) is 0 Å². The van der Waals surface area contributed by atoms with Crippen LogP contribution >= 0.6 is 0 Å². The number of nitrogens with one attached hydrogen (secondary N) is 1. The Morgan fingerprint density at radius 1 is 1.42 bits per heavy atom. The first kappa shape index (κ1) is 17.8. The van der Waals surface area contributed by atoms with Crippen LogP contribution in [0, 0.1) is 6.92 Å². The minimum atomic E-state index is -0.870.